The van der Waals surface area contributed by atoms with Crippen LogP contribution in [0.25, 0.3) is 0 Å². The normalized spacial score (nSPS) is 21.2. The van der Waals surface area contributed by atoms with E-state index >= 15 is 0 Å². The molecule has 0 aromatic carbocycles. The Morgan fingerprint density at radius 1 is 1.32 bits per heavy atom. The zero-order valence-corrected chi connectivity index (χ0v) is 18.0. The molecule has 1 aliphatic carbocycles. The Hall–Kier alpha value is -3.10. The number of nitrogens with zero attached hydrogens (tertiary/aromatic N) is 3. The van der Waals surface area contributed by atoms with Crippen molar-refractivity contribution in [3.05, 3.63) is 41.6 Å². The van der Waals surface area contributed by atoms with E-state index in [0.29, 0.717) is 18.0 Å². The number of rotatable bonds is 7. The third kappa shape index (κ3) is 4.08. The summed E-state index contributed by atoms with van der Waals surface area (Å²) in [6, 6.07) is 5.16. The molecular formula is C22H29N5O4. The Labute approximate surface area is 181 Å². The Morgan fingerprint density at radius 2 is 2.10 bits per heavy atom. The lowest BCUT2D eigenvalue weighted by Gasteiger charge is -2.43. The lowest BCUT2D eigenvalue weighted by Crippen LogP contribution is -2.65. The Morgan fingerprint density at radius 3 is 2.77 bits per heavy atom. The van der Waals surface area contributed by atoms with Crippen molar-refractivity contribution in [2.24, 2.45) is 0 Å². The van der Waals surface area contributed by atoms with Gasteiger partial charge in [0.15, 0.2) is 5.69 Å². The molecule has 1 saturated carbocycles. The van der Waals surface area contributed by atoms with Crippen LogP contribution in [0, 0.1) is 0 Å². The highest BCUT2D eigenvalue weighted by molar-refractivity contribution is 6.01. The Kier molecular flexibility index (Phi) is 5.84. The first-order chi connectivity index (χ1) is 14.9. The fourth-order valence-electron chi connectivity index (χ4n) is 4.41. The number of hydrogen-bond acceptors (Lipinski definition) is 5. The molecule has 1 fully saturated rings. The second-order valence-corrected chi connectivity index (χ2v) is 8.52. The summed E-state index contributed by atoms with van der Waals surface area (Å²) in [6.07, 6.45) is 6.42. The maximum absolute atomic E-state index is 13.3. The van der Waals surface area contributed by atoms with Crippen molar-refractivity contribution in [3.8, 4) is 0 Å². The van der Waals surface area contributed by atoms with Gasteiger partial charge in [0, 0.05) is 18.7 Å². The molecule has 3 amide bonds. The largest absolute Gasteiger partial charge is 0.467 e. The van der Waals surface area contributed by atoms with E-state index in [2.05, 4.69) is 15.7 Å². The second-order valence-electron chi connectivity index (χ2n) is 8.52. The van der Waals surface area contributed by atoms with Crippen molar-refractivity contribution in [1.29, 1.82) is 0 Å². The molecule has 0 spiro atoms. The van der Waals surface area contributed by atoms with Crippen LogP contribution < -0.4 is 10.6 Å². The second kappa shape index (κ2) is 8.56. The predicted octanol–water partition coefficient (Wildman–Crippen LogP) is 2.09. The number of carbonyl (C=O) groups excluding carboxylic acids is 3. The van der Waals surface area contributed by atoms with Crippen molar-refractivity contribution >= 4 is 17.7 Å². The molecule has 9 nitrogen and oxygen atoms in total. The van der Waals surface area contributed by atoms with Crippen LogP contribution in [0.4, 0.5) is 0 Å². The average Bonchev–Trinajstić information content (AvgIpc) is 3.51. The SMILES string of the molecule is CCCN1C(=O)c2cc(C(=O)NCc3ccco3)nn2C[C@@]1(C)C(=O)NC1CCCC1. The van der Waals surface area contributed by atoms with Crippen molar-refractivity contribution in [2.75, 3.05) is 6.54 Å². The molecule has 3 heterocycles. The number of nitrogens with one attached hydrogen (secondary N) is 2. The fraction of sp³-hybridized carbons (Fsp3) is 0.545. The fourth-order valence-corrected chi connectivity index (χ4v) is 4.41. The highest BCUT2D eigenvalue weighted by atomic mass is 16.3. The molecule has 2 aromatic heterocycles. The van der Waals surface area contributed by atoms with Crippen molar-refractivity contribution < 1.29 is 18.8 Å². The molecule has 166 valence electrons. The molecule has 2 N–H and O–H groups in total. The van der Waals surface area contributed by atoms with Gasteiger partial charge in [0.25, 0.3) is 11.8 Å². The van der Waals surface area contributed by atoms with Gasteiger partial charge in [-0.2, -0.15) is 5.10 Å². The first kappa shape index (κ1) is 21.1. The molecule has 0 bridgehead atoms. The lowest BCUT2D eigenvalue weighted by molar-refractivity contribution is -0.133. The molecule has 31 heavy (non-hydrogen) atoms. The third-order valence-corrected chi connectivity index (χ3v) is 6.16. The van der Waals surface area contributed by atoms with Crippen LogP contribution >= 0.6 is 0 Å². The third-order valence-electron chi connectivity index (χ3n) is 6.16. The number of furan rings is 1. The highest BCUT2D eigenvalue weighted by Gasteiger charge is 2.48. The predicted molar refractivity (Wildman–Crippen MR) is 112 cm³/mol. The van der Waals surface area contributed by atoms with Gasteiger partial charge in [-0.05, 0) is 38.3 Å². The summed E-state index contributed by atoms with van der Waals surface area (Å²) in [6.45, 7) is 4.65. The molecule has 2 aromatic rings. The van der Waals surface area contributed by atoms with Gasteiger partial charge in [-0.25, -0.2) is 0 Å². The summed E-state index contributed by atoms with van der Waals surface area (Å²) in [5.41, 5.74) is -0.592. The van der Waals surface area contributed by atoms with E-state index < -0.39 is 11.4 Å². The molecule has 4 rings (SSSR count). The zero-order valence-electron chi connectivity index (χ0n) is 18.0. The van der Waals surface area contributed by atoms with Crippen LogP contribution in [0.1, 0.15) is 72.7 Å². The number of hydrogen-bond donors (Lipinski definition) is 2. The molecule has 9 heteroatoms. The summed E-state index contributed by atoms with van der Waals surface area (Å²) in [5, 5.41) is 10.2. The van der Waals surface area contributed by atoms with Crippen LogP contribution in [0.15, 0.2) is 28.9 Å². The maximum Gasteiger partial charge on any atom is 0.273 e. The minimum Gasteiger partial charge on any atom is -0.467 e. The number of aromatic nitrogens is 2. The van der Waals surface area contributed by atoms with E-state index in [4.69, 9.17) is 4.42 Å². The number of carbonyl (C=O) groups is 3. The monoisotopic (exact) mass is 427 g/mol. The highest BCUT2D eigenvalue weighted by Crippen LogP contribution is 2.29. The molecule has 1 aliphatic heterocycles. The minimum absolute atomic E-state index is 0.145. The van der Waals surface area contributed by atoms with Crippen LogP contribution in [0.3, 0.4) is 0 Å². The van der Waals surface area contributed by atoms with Gasteiger partial charge in [0.2, 0.25) is 5.91 Å². The summed E-state index contributed by atoms with van der Waals surface area (Å²) in [7, 11) is 0. The number of fused-ring (bicyclic) bond motifs is 1. The van der Waals surface area contributed by atoms with E-state index in [1.807, 2.05) is 6.92 Å². The maximum atomic E-state index is 13.3. The van der Waals surface area contributed by atoms with Crippen LogP contribution in [0.5, 0.6) is 0 Å². The Bertz CT molecular complexity index is 961. The minimum atomic E-state index is -1.06. The van der Waals surface area contributed by atoms with Gasteiger partial charge >= 0.3 is 0 Å². The van der Waals surface area contributed by atoms with Crippen LogP contribution in [-0.4, -0.2) is 50.5 Å². The lowest BCUT2D eigenvalue weighted by atomic mass is 9.94. The van der Waals surface area contributed by atoms with Gasteiger partial charge in [-0.15, -0.1) is 0 Å². The van der Waals surface area contributed by atoms with Crippen molar-refractivity contribution in [3.63, 3.8) is 0 Å². The average molecular weight is 428 g/mol. The summed E-state index contributed by atoms with van der Waals surface area (Å²) in [5.74, 6) is -0.218. The van der Waals surface area contributed by atoms with Gasteiger partial charge in [-0.3, -0.25) is 19.1 Å². The standard InChI is InChI=1S/C22H29N5O4/c1-3-10-26-20(29)18-12-17(19(28)23-13-16-9-6-11-31-16)25-27(18)14-22(26,2)21(30)24-15-7-4-5-8-15/h6,9,11-12,15H,3-5,7-8,10,13-14H2,1-2H3,(H,23,28)(H,24,30)/t22-/m0/s1. The van der Waals surface area contributed by atoms with Gasteiger partial charge in [-0.1, -0.05) is 19.8 Å². The smallest absolute Gasteiger partial charge is 0.273 e. The summed E-state index contributed by atoms with van der Waals surface area (Å²) in [4.78, 5) is 40.7. The van der Waals surface area contributed by atoms with Gasteiger partial charge in [0.1, 0.15) is 17.0 Å². The van der Waals surface area contributed by atoms with Crippen LogP contribution in [-0.2, 0) is 17.9 Å². The first-order valence-corrected chi connectivity index (χ1v) is 10.9. The van der Waals surface area contributed by atoms with E-state index in [1.54, 1.807) is 24.0 Å². The van der Waals surface area contributed by atoms with E-state index in [0.717, 1.165) is 32.1 Å². The van der Waals surface area contributed by atoms with Crippen LogP contribution in [0.2, 0.25) is 0 Å². The molecule has 0 radical (unpaired) electrons. The summed E-state index contributed by atoms with van der Waals surface area (Å²) >= 11 is 0. The molecule has 0 unspecified atom stereocenters. The van der Waals surface area contributed by atoms with E-state index in [9.17, 15) is 14.4 Å². The Balaban J connectivity index is 1.55. The topological polar surface area (TPSA) is 109 Å². The molecule has 2 aliphatic rings. The van der Waals surface area contributed by atoms with Gasteiger partial charge in [0.05, 0.1) is 19.4 Å². The quantitative estimate of drug-likeness (QED) is 0.703. The first-order valence-electron chi connectivity index (χ1n) is 10.9. The van der Waals surface area contributed by atoms with E-state index in [1.165, 1.54) is 17.0 Å². The molecule has 0 saturated heterocycles. The zero-order chi connectivity index (χ0) is 22.0. The molecular weight excluding hydrogens is 398 g/mol. The molecule has 1 atom stereocenters. The summed E-state index contributed by atoms with van der Waals surface area (Å²) < 4.78 is 6.71. The van der Waals surface area contributed by atoms with Gasteiger partial charge < -0.3 is 20.0 Å². The van der Waals surface area contributed by atoms with Crippen molar-refractivity contribution in [1.82, 2.24) is 25.3 Å². The van der Waals surface area contributed by atoms with Crippen molar-refractivity contribution in [2.45, 2.75) is 70.6 Å². The number of amides is 3. The van der Waals surface area contributed by atoms with E-state index in [-0.39, 0.29) is 36.6 Å².